The van der Waals surface area contributed by atoms with Gasteiger partial charge < -0.3 is 24.5 Å². The lowest BCUT2D eigenvalue weighted by atomic mass is 9.98. The Labute approximate surface area is 315 Å². The lowest BCUT2D eigenvalue weighted by Gasteiger charge is -2.26. The fourth-order valence-electron chi connectivity index (χ4n) is 6.93. The summed E-state index contributed by atoms with van der Waals surface area (Å²) in [7, 11) is 10.5. The SMILES string of the molecule is CC1=CN(C)C=CC1.CC1=CN(C)CC=C1.CC1=CN(C)Cc2ccccc21.CC1=CN(C)c2ccccc2C1.CC1=Cc2ccccc2N(C)C1. The van der Waals surface area contributed by atoms with Crippen molar-refractivity contribution in [2.45, 2.75) is 54.0 Å². The highest BCUT2D eigenvalue weighted by atomic mass is 15.1. The molecule has 0 amide bonds. The molecule has 0 atom stereocenters. The lowest BCUT2D eigenvalue weighted by molar-refractivity contribution is 0.445. The fraction of sp³-hybridized carbons (Fsp3) is 0.319. The molecule has 0 aliphatic carbocycles. The summed E-state index contributed by atoms with van der Waals surface area (Å²) in [5, 5.41) is 0. The average molecular weight is 696 g/mol. The molecule has 0 spiro atoms. The maximum atomic E-state index is 2.28. The lowest BCUT2D eigenvalue weighted by Crippen LogP contribution is -2.22. The highest BCUT2D eigenvalue weighted by Gasteiger charge is 2.12. The summed E-state index contributed by atoms with van der Waals surface area (Å²) in [4.78, 5) is 10.9. The summed E-state index contributed by atoms with van der Waals surface area (Å²) in [5.41, 5.74) is 15.2. The average Bonchev–Trinajstić information content (AvgIpc) is 3.09. The smallest absolute Gasteiger partial charge is 0.0440 e. The standard InChI is InChI=1S/3C11H13N.2C7H11N/c1-9-7-12(2)8-10-5-3-4-6-11(9)10;2*1-9-7-10-5-3-4-6-11(10)12(2)8-9;2*1-7-4-3-5-8(2)6-7/h3-7H,8H2,1-2H3;3-6,8H,7H2,1-2H3;3-7H,8H2,1-2H3;3,5-6H,4H2,1-2H3;3-4,6H,5H2,1-2H3. The van der Waals surface area contributed by atoms with Crippen molar-refractivity contribution in [3.8, 4) is 0 Å². The van der Waals surface area contributed by atoms with Crippen molar-refractivity contribution in [3.63, 3.8) is 0 Å². The first kappa shape index (κ1) is 39.6. The second-order valence-electron chi connectivity index (χ2n) is 14.6. The van der Waals surface area contributed by atoms with Crippen molar-refractivity contribution >= 4 is 23.0 Å². The van der Waals surface area contributed by atoms with E-state index in [1.165, 1.54) is 61.5 Å². The van der Waals surface area contributed by atoms with E-state index < -0.39 is 0 Å². The Morgan fingerprint density at radius 3 is 1.88 bits per heavy atom. The topological polar surface area (TPSA) is 16.2 Å². The van der Waals surface area contributed by atoms with Gasteiger partial charge in [0.05, 0.1) is 0 Å². The molecule has 5 heterocycles. The van der Waals surface area contributed by atoms with E-state index in [0.717, 1.165) is 32.5 Å². The number of nitrogens with zero attached hydrogens (tertiary/aromatic N) is 5. The first-order valence-corrected chi connectivity index (χ1v) is 18.4. The Hall–Kier alpha value is -5.16. The molecule has 0 aromatic heterocycles. The minimum absolute atomic E-state index is 1.04. The van der Waals surface area contributed by atoms with Crippen molar-refractivity contribution in [2.75, 3.05) is 58.1 Å². The van der Waals surface area contributed by atoms with Gasteiger partial charge in [-0.15, -0.1) is 0 Å². The van der Waals surface area contributed by atoms with Crippen LogP contribution in [0.15, 0.2) is 144 Å². The number of fused-ring (bicyclic) bond motifs is 3. The van der Waals surface area contributed by atoms with Gasteiger partial charge in [0.1, 0.15) is 0 Å². The van der Waals surface area contributed by atoms with Crippen LogP contribution in [0.5, 0.6) is 0 Å². The molecular formula is C47H61N5. The molecule has 3 aromatic carbocycles. The molecule has 5 nitrogen and oxygen atoms in total. The highest BCUT2D eigenvalue weighted by molar-refractivity contribution is 5.72. The van der Waals surface area contributed by atoms with E-state index in [4.69, 9.17) is 0 Å². The fourth-order valence-corrected chi connectivity index (χ4v) is 6.93. The number of allylic oxidation sites excluding steroid dienone is 6. The number of hydrogen-bond acceptors (Lipinski definition) is 5. The predicted octanol–water partition coefficient (Wildman–Crippen LogP) is 10.7. The van der Waals surface area contributed by atoms with E-state index in [2.05, 4.69) is 215 Å². The molecule has 274 valence electrons. The van der Waals surface area contributed by atoms with Crippen LogP contribution in [-0.4, -0.2) is 63.0 Å². The van der Waals surface area contributed by atoms with E-state index in [9.17, 15) is 0 Å². The Morgan fingerprint density at radius 2 is 1.23 bits per heavy atom. The first-order chi connectivity index (χ1) is 24.9. The molecular weight excluding hydrogens is 635 g/mol. The normalized spacial score (nSPS) is 16.5. The van der Waals surface area contributed by atoms with Crippen LogP contribution in [0, 0.1) is 0 Å². The van der Waals surface area contributed by atoms with Gasteiger partial charge in [-0.25, -0.2) is 0 Å². The van der Waals surface area contributed by atoms with Crippen LogP contribution in [0.2, 0.25) is 0 Å². The van der Waals surface area contributed by atoms with Crippen LogP contribution < -0.4 is 9.80 Å². The monoisotopic (exact) mass is 695 g/mol. The van der Waals surface area contributed by atoms with Crippen molar-refractivity contribution in [1.82, 2.24) is 14.7 Å². The Balaban J connectivity index is 0.000000147. The maximum absolute atomic E-state index is 2.28. The molecule has 5 aliphatic rings. The summed E-state index contributed by atoms with van der Waals surface area (Å²) in [6.07, 6.45) is 21.7. The first-order valence-electron chi connectivity index (χ1n) is 18.4. The molecule has 0 bridgehead atoms. The minimum Gasteiger partial charge on any atom is -0.376 e. The molecule has 0 saturated heterocycles. The van der Waals surface area contributed by atoms with Crippen LogP contribution in [0.25, 0.3) is 11.6 Å². The second-order valence-corrected chi connectivity index (χ2v) is 14.6. The summed E-state index contributed by atoms with van der Waals surface area (Å²) >= 11 is 0. The van der Waals surface area contributed by atoms with E-state index in [1.54, 1.807) is 0 Å². The van der Waals surface area contributed by atoms with Gasteiger partial charge >= 0.3 is 0 Å². The highest BCUT2D eigenvalue weighted by Crippen LogP contribution is 2.28. The molecule has 0 saturated carbocycles. The summed E-state index contributed by atoms with van der Waals surface area (Å²) in [6, 6.07) is 25.6. The van der Waals surface area contributed by atoms with E-state index in [1.807, 2.05) is 7.05 Å². The third-order valence-electron chi connectivity index (χ3n) is 9.17. The Morgan fingerprint density at radius 1 is 0.558 bits per heavy atom. The molecule has 8 rings (SSSR count). The zero-order valence-electron chi connectivity index (χ0n) is 33.4. The van der Waals surface area contributed by atoms with Crippen molar-refractivity contribution in [2.24, 2.45) is 0 Å². The molecule has 52 heavy (non-hydrogen) atoms. The molecule has 0 N–H and O–H groups in total. The third kappa shape index (κ3) is 12.3. The number of anilines is 2. The summed E-state index contributed by atoms with van der Waals surface area (Å²) in [6.45, 7) is 13.9. The van der Waals surface area contributed by atoms with E-state index >= 15 is 0 Å². The maximum Gasteiger partial charge on any atom is 0.0440 e. The minimum atomic E-state index is 1.04. The quantitative estimate of drug-likeness (QED) is 0.232. The van der Waals surface area contributed by atoms with Gasteiger partial charge in [-0.3, -0.25) is 0 Å². The number of hydrogen-bond donors (Lipinski definition) is 0. The largest absolute Gasteiger partial charge is 0.376 e. The summed E-state index contributed by atoms with van der Waals surface area (Å²) in [5.74, 6) is 0. The van der Waals surface area contributed by atoms with Crippen molar-refractivity contribution in [3.05, 3.63) is 167 Å². The van der Waals surface area contributed by atoms with Gasteiger partial charge in [0.15, 0.2) is 0 Å². The molecule has 0 unspecified atom stereocenters. The van der Waals surface area contributed by atoms with Crippen LogP contribution >= 0.6 is 0 Å². The van der Waals surface area contributed by atoms with Gasteiger partial charge in [-0.05, 0) is 99.2 Å². The molecule has 5 aliphatic heterocycles. The third-order valence-corrected chi connectivity index (χ3v) is 9.17. The van der Waals surface area contributed by atoms with Gasteiger partial charge in [0.25, 0.3) is 0 Å². The predicted molar refractivity (Wildman–Crippen MR) is 228 cm³/mol. The number of rotatable bonds is 0. The van der Waals surface area contributed by atoms with E-state index in [0.29, 0.717) is 0 Å². The number of likely N-dealkylation sites (N-methyl/N-ethyl adjacent to an activating group) is 2. The van der Waals surface area contributed by atoms with Crippen LogP contribution in [0.1, 0.15) is 63.3 Å². The van der Waals surface area contributed by atoms with E-state index in [-0.39, 0.29) is 0 Å². The number of para-hydroxylation sites is 2. The van der Waals surface area contributed by atoms with Crippen molar-refractivity contribution < 1.29 is 0 Å². The van der Waals surface area contributed by atoms with Crippen molar-refractivity contribution in [1.29, 1.82) is 0 Å². The van der Waals surface area contributed by atoms with Crippen LogP contribution in [-0.2, 0) is 13.0 Å². The van der Waals surface area contributed by atoms with Gasteiger partial charge in [0, 0.05) is 91.0 Å². The van der Waals surface area contributed by atoms with Crippen LogP contribution in [0.3, 0.4) is 0 Å². The molecule has 5 heteroatoms. The van der Waals surface area contributed by atoms with Crippen LogP contribution in [0.4, 0.5) is 11.4 Å². The van der Waals surface area contributed by atoms with Gasteiger partial charge in [-0.1, -0.05) is 102 Å². The van der Waals surface area contributed by atoms with Gasteiger partial charge in [-0.2, -0.15) is 0 Å². The summed E-state index contributed by atoms with van der Waals surface area (Å²) < 4.78 is 0. The number of benzene rings is 3. The molecule has 0 fully saturated rings. The molecule has 0 radical (unpaired) electrons. The Bertz CT molecular complexity index is 1850. The van der Waals surface area contributed by atoms with Gasteiger partial charge in [0.2, 0.25) is 0 Å². The Kier molecular flexibility index (Phi) is 14.8. The zero-order chi connectivity index (χ0) is 37.6. The second kappa shape index (κ2) is 19.4. The zero-order valence-corrected chi connectivity index (χ0v) is 33.4. The molecule has 3 aromatic rings.